The van der Waals surface area contributed by atoms with Crippen molar-refractivity contribution in [2.24, 2.45) is 5.73 Å². The van der Waals surface area contributed by atoms with Gasteiger partial charge in [0.1, 0.15) is 6.04 Å². The summed E-state index contributed by atoms with van der Waals surface area (Å²) in [5.41, 5.74) is 6.89. The molecule has 1 aromatic rings. The molecular weight excluding hydrogens is 234 g/mol. The van der Waals surface area contributed by atoms with E-state index in [9.17, 15) is 4.79 Å². The number of aryl methyl sites for hydroxylation is 1. The Morgan fingerprint density at radius 3 is 3.29 bits per heavy atom. The summed E-state index contributed by atoms with van der Waals surface area (Å²) in [6.07, 6.45) is 3.53. The molecule has 5 heteroatoms. The number of rotatable bonds is 2. The van der Waals surface area contributed by atoms with E-state index < -0.39 is 0 Å². The van der Waals surface area contributed by atoms with Crippen LogP contribution in [0.1, 0.15) is 29.3 Å². The highest BCUT2D eigenvalue weighted by atomic mass is 32.1. The number of hydrogen-bond acceptors (Lipinski definition) is 4. The zero-order valence-electron chi connectivity index (χ0n) is 9.69. The summed E-state index contributed by atoms with van der Waals surface area (Å²) in [6.45, 7) is 1.46. The summed E-state index contributed by atoms with van der Waals surface area (Å²) in [5.74, 6) is -0.211. The lowest BCUT2D eigenvalue weighted by molar-refractivity contribution is -0.122. The van der Waals surface area contributed by atoms with Gasteiger partial charge in [-0.1, -0.05) is 0 Å². The monoisotopic (exact) mass is 251 g/mol. The van der Waals surface area contributed by atoms with E-state index in [2.05, 4.69) is 21.7 Å². The first-order valence-electron chi connectivity index (χ1n) is 6.09. The van der Waals surface area contributed by atoms with Crippen LogP contribution in [-0.2, 0) is 11.2 Å². The van der Waals surface area contributed by atoms with Gasteiger partial charge in [-0.15, -0.1) is 11.3 Å². The summed E-state index contributed by atoms with van der Waals surface area (Å²) in [4.78, 5) is 15.2. The molecule has 3 rings (SSSR count). The van der Waals surface area contributed by atoms with Crippen LogP contribution in [0.3, 0.4) is 0 Å². The van der Waals surface area contributed by atoms with Crippen LogP contribution in [0.15, 0.2) is 11.4 Å². The number of primary amides is 1. The fourth-order valence-electron chi connectivity index (χ4n) is 2.96. The quantitative estimate of drug-likeness (QED) is 0.819. The lowest BCUT2D eigenvalue weighted by atomic mass is 9.92. The van der Waals surface area contributed by atoms with E-state index >= 15 is 0 Å². The number of thiophene rings is 1. The fraction of sp³-hybridized carbons (Fsp3) is 0.583. The molecule has 1 aliphatic heterocycles. The first kappa shape index (κ1) is 11.2. The van der Waals surface area contributed by atoms with E-state index in [1.165, 1.54) is 23.3 Å². The van der Waals surface area contributed by atoms with Crippen molar-refractivity contribution in [1.29, 1.82) is 0 Å². The third-order valence-corrected chi connectivity index (χ3v) is 4.78. The molecule has 2 heterocycles. The van der Waals surface area contributed by atoms with Gasteiger partial charge in [0.25, 0.3) is 0 Å². The predicted molar refractivity (Wildman–Crippen MR) is 67.7 cm³/mol. The van der Waals surface area contributed by atoms with Crippen molar-refractivity contribution in [2.45, 2.75) is 31.3 Å². The summed E-state index contributed by atoms with van der Waals surface area (Å²) in [7, 11) is 0. The van der Waals surface area contributed by atoms with Crippen molar-refractivity contribution in [1.82, 2.24) is 10.2 Å². The Balaban J connectivity index is 1.88. The Morgan fingerprint density at radius 1 is 1.59 bits per heavy atom. The number of nitrogens with one attached hydrogen (secondary N) is 1. The van der Waals surface area contributed by atoms with Crippen LogP contribution in [-0.4, -0.2) is 30.1 Å². The molecule has 1 aliphatic carbocycles. The minimum atomic E-state index is -0.211. The van der Waals surface area contributed by atoms with E-state index in [4.69, 9.17) is 5.73 Å². The van der Waals surface area contributed by atoms with Crippen molar-refractivity contribution in [3.63, 3.8) is 0 Å². The molecule has 0 spiro atoms. The molecule has 2 atom stereocenters. The molecular formula is C12H17N3OS. The van der Waals surface area contributed by atoms with Crippen LogP contribution in [0.5, 0.6) is 0 Å². The molecule has 3 N–H and O–H groups in total. The lowest BCUT2D eigenvalue weighted by Crippen LogP contribution is -2.44. The molecule has 4 nitrogen and oxygen atoms in total. The predicted octanol–water partition coefficient (Wildman–Crippen LogP) is 0.842. The van der Waals surface area contributed by atoms with Crippen LogP contribution in [0, 0.1) is 0 Å². The molecule has 0 aromatic carbocycles. The smallest absolute Gasteiger partial charge is 0.236 e. The standard InChI is InChI=1S/C12H17N3OS/c13-12(16)10-6-14-7-15(10)9-2-1-3-11-8(9)4-5-17-11/h4-5,9-10,14H,1-3,6-7H2,(H2,13,16). The number of nitrogens with two attached hydrogens (primary N) is 1. The minimum absolute atomic E-state index is 0.147. The van der Waals surface area contributed by atoms with Crippen LogP contribution in [0.2, 0.25) is 0 Å². The summed E-state index contributed by atoms with van der Waals surface area (Å²) in [5, 5.41) is 5.41. The number of hydrogen-bond donors (Lipinski definition) is 2. The normalized spacial score (nSPS) is 29.2. The topological polar surface area (TPSA) is 58.4 Å². The van der Waals surface area contributed by atoms with Gasteiger partial charge in [-0.25, -0.2) is 0 Å². The van der Waals surface area contributed by atoms with Gasteiger partial charge in [0.2, 0.25) is 5.91 Å². The average Bonchev–Trinajstić information content (AvgIpc) is 2.97. The Morgan fingerprint density at radius 2 is 2.47 bits per heavy atom. The Bertz CT molecular complexity index is 431. The van der Waals surface area contributed by atoms with Crippen LogP contribution >= 0.6 is 11.3 Å². The van der Waals surface area contributed by atoms with Crippen molar-refractivity contribution in [3.8, 4) is 0 Å². The SMILES string of the molecule is NC(=O)C1CNCN1C1CCCc2sccc21. The minimum Gasteiger partial charge on any atom is -0.368 e. The molecule has 1 amide bonds. The van der Waals surface area contributed by atoms with Crippen molar-refractivity contribution in [2.75, 3.05) is 13.2 Å². The Hall–Kier alpha value is -0.910. The summed E-state index contributed by atoms with van der Waals surface area (Å²) >= 11 is 1.83. The largest absolute Gasteiger partial charge is 0.368 e. The summed E-state index contributed by atoms with van der Waals surface area (Å²) < 4.78 is 0. The molecule has 2 aliphatic rings. The molecule has 17 heavy (non-hydrogen) atoms. The highest BCUT2D eigenvalue weighted by Crippen LogP contribution is 2.38. The first-order valence-corrected chi connectivity index (χ1v) is 6.97. The zero-order chi connectivity index (χ0) is 11.8. The van der Waals surface area contributed by atoms with Gasteiger partial charge in [0.15, 0.2) is 0 Å². The molecule has 0 bridgehead atoms. The van der Waals surface area contributed by atoms with Gasteiger partial charge < -0.3 is 11.1 Å². The second-order valence-electron chi connectivity index (χ2n) is 4.75. The molecule has 92 valence electrons. The molecule has 0 radical (unpaired) electrons. The fourth-order valence-corrected chi connectivity index (χ4v) is 3.94. The maximum Gasteiger partial charge on any atom is 0.236 e. The van der Waals surface area contributed by atoms with Crippen molar-refractivity contribution >= 4 is 17.2 Å². The molecule has 0 saturated carbocycles. The van der Waals surface area contributed by atoms with Crippen LogP contribution in [0.25, 0.3) is 0 Å². The number of carbonyl (C=O) groups is 1. The third kappa shape index (κ3) is 1.88. The molecule has 1 fully saturated rings. The van der Waals surface area contributed by atoms with E-state index in [0.29, 0.717) is 12.6 Å². The highest BCUT2D eigenvalue weighted by Gasteiger charge is 2.36. The third-order valence-electron chi connectivity index (χ3n) is 3.78. The van der Waals surface area contributed by atoms with E-state index in [1.807, 2.05) is 11.3 Å². The number of amides is 1. The average molecular weight is 251 g/mol. The lowest BCUT2D eigenvalue weighted by Gasteiger charge is -2.33. The van der Waals surface area contributed by atoms with Gasteiger partial charge in [-0.3, -0.25) is 9.69 Å². The molecule has 2 unspecified atom stereocenters. The van der Waals surface area contributed by atoms with Gasteiger partial charge in [-0.05, 0) is 36.3 Å². The van der Waals surface area contributed by atoms with E-state index in [-0.39, 0.29) is 11.9 Å². The highest BCUT2D eigenvalue weighted by molar-refractivity contribution is 7.10. The maximum absolute atomic E-state index is 11.4. The second-order valence-corrected chi connectivity index (χ2v) is 5.75. The Kier molecular flexibility index (Phi) is 2.90. The first-order chi connectivity index (χ1) is 8.27. The maximum atomic E-state index is 11.4. The van der Waals surface area contributed by atoms with Crippen molar-refractivity contribution in [3.05, 3.63) is 21.9 Å². The number of carbonyl (C=O) groups excluding carboxylic acids is 1. The number of nitrogens with zero attached hydrogens (tertiary/aromatic N) is 1. The second kappa shape index (κ2) is 4.40. The molecule has 1 saturated heterocycles. The Labute approximate surface area is 105 Å². The van der Waals surface area contributed by atoms with Crippen LogP contribution < -0.4 is 11.1 Å². The van der Waals surface area contributed by atoms with Gasteiger partial charge in [0, 0.05) is 24.1 Å². The van der Waals surface area contributed by atoms with E-state index in [1.54, 1.807) is 0 Å². The zero-order valence-corrected chi connectivity index (χ0v) is 10.5. The van der Waals surface area contributed by atoms with Gasteiger partial charge in [-0.2, -0.15) is 0 Å². The van der Waals surface area contributed by atoms with E-state index in [0.717, 1.165) is 13.1 Å². The number of fused-ring (bicyclic) bond motifs is 1. The molecule has 1 aromatic heterocycles. The van der Waals surface area contributed by atoms with Gasteiger partial charge in [0.05, 0.1) is 0 Å². The summed E-state index contributed by atoms with van der Waals surface area (Å²) in [6, 6.07) is 2.43. The van der Waals surface area contributed by atoms with Crippen molar-refractivity contribution < 1.29 is 4.79 Å². The van der Waals surface area contributed by atoms with Crippen LogP contribution in [0.4, 0.5) is 0 Å². The van der Waals surface area contributed by atoms with Gasteiger partial charge >= 0.3 is 0 Å².